The van der Waals surface area contributed by atoms with Gasteiger partial charge in [-0.3, -0.25) is 4.79 Å². The second kappa shape index (κ2) is 8.03. The molecule has 0 heterocycles. The van der Waals surface area contributed by atoms with Gasteiger partial charge in [0.15, 0.2) is 0 Å². The molecule has 0 amide bonds. The molecule has 98 valence electrons. The molecule has 0 aliphatic heterocycles. The molecule has 0 spiro atoms. The van der Waals surface area contributed by atoms with Gasteiger partial charge in [-0.25, -0.2) is 13.1 Å². The molecule has 0 aromatic heterocycles. The molecule has 1 atom stereocenters. The van der Waals surface area contributed by atoms with Crippen molar-refractivity contribution in [3.05, 3.63) is 0 Å². The molecule has 17 heavy (non-hydrogen) atoms. The Morgan fingerprint density at radius 3 is 2.59 bits per heavy atom. The quantitative estimate of drug-likeness (QED) is 0.599. The average molecular weight is 262 g/mol. The Bertz CT molecular complexity index is 372. The Hall–Kier alpha value is -1.13. The second-order valence-corrected chi connectivity index (χ2v) is 5.60. The van der Waals surface area contributed by atoms with Crippen LogP contribution in [0.15, 0.2) is 0 Å². The summed E-state index contributed by atoms with van der Waals surface area (Å²) < 4.78 is 25.2. The summed E-state index contributed by atoms with van der Waals surface area (Å²) >= 11 is 0. The molecule has 0 radical (unpaired) electrons. The van der Waals surface area contributed by atoms with Gasteiger partial charge in [-0.1, -0.05) is 13.3 Å². The second-order valence-electron chi connectivity index (χ2n) is 3.73. The first-order valence-electron chi connectivity index (χ1n) is 5.52. The van der Waals surface area contributed by atoms with E-state index in [1.54, 1.807) is 6.92 Å². The molecular formula is C10H18N2O4S. The van der Waals surface area contributed by atoms with Crippen LogP contribution >= 0.6 is 0 Å². The minimum absolute atomic E-state index is 0.137. The van der Waals surface area contributed by atoms with Gasteiger partial charge in [0.25, 0.3) is 0 Å². The molecule has 1 unspecified atom stereocenters. The van der Waals surface area contributed by atoms with Crippen molar-refractivity contribution in [3.63, 3.8) is 0 Å². The van der Waals surface area contributed by atoms with E-state index >= 15 is 0 Å². The predicted molar refractivity (Wildman–Crippen MR) is 62.7 cm³/mol. The number of rotatable bonds is 9. The normalized spacial score (nSPS) is 12.9. The summed E-state index contributed by atoms with van der Waals surface area (Å²) in [7, 11) is -3.57. The van der Waals surface area contributed by atoms with Gasteiger partial charge in [-0.15, -0.1) is 0 Å². The number of carboxylic acid groups (broad SMARTS) is 1. The number of sulfonamides is 1. The van der Waals surface area contributed by atoms with E-state index in [4.69, 9.17) is 10.4 Å². The van der Waals surface area contributed by atoms with Crippen molar-refractivity contribution in [2.24, 2.45) is 0 Å². The van der Waals surface area contributed by atoms with Crippen LogP contribution in [0.2, 0.25) is 0 Å². The van der Waals surface area contributed by atoms with E-state index in [9.17, 15) is 13.2 Å². The van der Waals surface area contributed by atoms with E-state index in [0.717, 1.165) is 0 Å². The van der Waals surface area contributed by atoms with Crippen molar-refractivity contribution in [1.82, 2.24) is 4.72 Å². The molecule has 0 aromatic rings. The van der Waals surface area contributed by atoms with Crippen LogP contribution in [0, 0.1) is 11.3 Å². The maximum absolute atomic E-state index is 11.5. The van der Waals surface area contributed by atoms with E-state index in [1.807, 2.05) is 6.07 Å². The third-order valence-corrected chi connectivity index (χ3v) is 3.62. The van der Waals surface area contributed by atoms with Crippen LogP contribution in [0.5, 0.6) is 0 Å². The number of nitriles is 1. The smallest absolute Gasteiger partial charge is 0.321 e. The van der Waals surface area contributed by atoms with Gasteiger partial charge in [0.1, 0.15) is 6.04 Å². The molecule has 0 rings (SSSR count). The Labute approximate surface area is 102 Å². The topological polar surface area (TPSA) is 107 Å². The third-order valence-electron chi connectivity index (χ3n) is 2.15. The zero-order valence-corrected chi connectivity index (χ0v) is 10.7. The maximum atomic E-state index is 11.5. The summed E-state index contributed by atoms with van der Waals surface area (Å²) in [5.74, 6) is -1.30. The number of aliphatic carboxylic acids is 1. The highest BCUT2D eigenvalue weighted by molar-refractivity contribution is 7.89. The lowest BCUT2D eigenvalue weighted by Crippen LogP contribution is -2.41. The molecule has 0 saturated heterocycles. The highest BCUT2D eigenvalue weighted by Gasteiger charge is 2.22. The van der Waals surface area contributed by atoms with Crippen molar-refractivity contribution in [3.8, 4) is 6.07 Å². The van der Waals surface area contributed by atoms with Crippen molar-refractivity contribution >= 4 is 16.0 Å². The van der Waals surface area contributed by atoms with Gasteiger partial charge < -0.3 is 5.11 Å². The number of unbranched alkanes of at least 4 members (excludes halogenated alkanes) is 2. The van der Waals surface area contributed by atoms with E-state index in [1.165, 1.54) is 0 Å². The monoisotopic (exact) mass is 262 g/mol. The minimum Gasteiger partial charge on any atom is -0.480 e. The minimum atomic E-state index is -3.57. The Morgan fingerprint density at radius 2 is 2.12 bits per heavy atom. The summed E-state index contributed by atoms with van der Waals surface area (Å²) in [6.45, 7) is 1.79. The van der Waals surface area contributed by atoms with Gasteiger partial charge in [0.2, 0.25) is 10.0 Å². The van der Waals surface area contributed by atoms with Crippen LogP contribution in [0.25, 0.3) is 0 Å². The van der Waals surface area contributed by atoms with Crippen LogP contribution in [-0.2, 0) is 14.8 Å². The lowest BCUT2D eigenvalue weighted by Gasteiger charge is -2.13. The number of hydrogen-bond acceptors (Lipinski definition) is 4. The summed E-state index contributed by atoms with van der Waals surface area (Å²) in [6, 6.07) is 0.869. The summed E-state index contributed by atoms with van der Waals surface area (Å²) in [5.41, 5.74) is 0. The van der Waals surface area contributed by atoms with Gasteiger partial charge in [0, 0.05) is 6.42 Å². The van der Waals surface area contributed by atoms with Gasteiger partial charge in [-0.05, 0) is 19.3 Å². The van der Waals surface area contributed by atoms with Crippen molar-refractivity contribution in [2.75, 3.05) is 5.75 Å². The zero-order chi connectivity index (χ0) is 13.3. The van der Waals surface area contributed by atoms with E-state index < -0.39 is 22.0 Å². The summed E-state index contributed by atoms with van der Waals surface area (Å²) in [4.78, 5) is 10.8. The first-order valence-corrected chi connectivity index (χ1v) is 7.18. The fraction of sp³-hybridized carbons (Fsp3) is 0.800. The fourth-order valence-electron chi connectivity index (χ4n) is 1.29. The Kier molecular flexibility index (Phi) is 7.50. The largest absolute Gasteiger partial charge is 0.480 e. The summed E-state index contributed by atoms with van der Waals surface area (Å²) in [6.07, 6.45) is 2.04. The SMILES string of the molecule is CCCC(NS(=O)(=O)CCCCC#N)C(=O)O. The van der Waals surface area contributed by atoms with E-state index in [2.05, 4.69) is 4.72 Å². The van der Waals surface area contributed by atoms with Crippen LogP contribution < -0.4 is 4.72 Å². The Balaban J connectivity index is 4.22. The first kappa shape index (κ1) is 15.9. The molecule has 0 aromatic carbocycles. The number of hydrogen-bond donors (Lipinski definition) is 2. The predicted octanol–water partition coefficient (Wildman–Crippen LogP) is 0.853. The van der Waals surface area contributed by atoms with Gasteiger partial charge in [-0.2, -0.15) is 5.26 Å². The lowest BCUT2D eigenvalue weighted by atomic mass is 10.2. The highest BCUT2D eigenvalue weighted by Crippen LogP contribution is 2.03. The number of carbonyl (C=O) groups is 1. The number of nitrogens with zero attached hydrogens (tertiary/aromatic N) is 1. The molecule has 7 heteroatoms. The molecule has 0 fully saturated rings. The lowest BCUT2D eigenvalue weighted by molar-refractivity contribution is -0.139. The highest BCUT2D eigenvalue weighted by atomic mass is 32.2. The molecular weight excluding hydrogens is 244 g/mol. The molecule has 0 aliphatic rings. The molecule has 6 nitrogen and oxygen atoms in total. The van der Waals surface area contributed by atoms with Crippen LogP contribution in [0.4, 0.5) is 0 Å². The maximum Gasteiger partial charge on any atom is 0.321 e. The van der Waals surface area contributed by atoms with Gasteiger partial charge in [0.05, 0.1) is 11.8 Å². The fourth-order valence-corrected chi connectivity index (χ4v) is 2.65. The first-order chi connectivity index (χ1) is 7.93. The molecule has 0 bridgehead atoms. The van der Waals surface area contributed by atoms with Crippen LogP contribution in [0.3, 0.4) is 0 Å². The van der Waals surface area contributed by atoms with E-state index in [0.29, 0.717) is 25.7 Å². The average Bonchev–Trinajstić information content (AvgIpc) is 2.23. The molecule has 2 N–H and O–H groups in total. The third kappa shape index (κ3) is 7.71. The summed E-state index contributed by atoms with van der Waals surface area (Å²) in [5, 5.41) is 17.1. The zero-order valence-electron chi connectivity index (χ0n) is 9.85. The van der Waals surface area contributed by atoms with Crippen LogP contribution in [-0.4, -0.2) is 31.3 Å². The van der Waals surface area contributed by atoms with Crippen molar-refractivity contribution in [2.45, 2.75) is 45.1 Å². The standard InChI is InChI=1S/C10H18N2O4S/c1-2-6-9(10(13)14)12-17(15,16)8-5-3-4-7-11/h9,12H,2-6,8H2,1H3,(H,13,14). The Morgan fingerprint density at radius 1 is 1.47 bits per heavy atom. The number of nitrogens with one attached hydrogen (secondary N) is 1. The number of carboxylic acids is 1. The molecule has 0 aliphatic carbocycles. The van der Waals surface area contributed by atoms with Crippen molar-refractivity contribution in [1.29, 1.82) is 5.26 Å². The van der Waals surface area contributed by atoms with E-state index in [-0.39, 0.29) is 12.2 Å². The van der Waals surface area contributed by atoms with Crippen LogP contribution in [0.1, 0.15) is 39.0 Å². The van der Waals surface area contributed by atoms with Crippen molar-refractivity contribution < 1.29 is 18.3 Å². The van der Waals surface area contributed by atoms with Gasteiger partial charge >= 0.3 is 5.97 Å². The molecule has 0 saturated carbocycles.